The molecular weight excluding hydrogens is 270 g/mol. The average molecular weight is 291 g/mol. The fourth-order valence-corrected chi connectivity index (χ4v) is 3.19. The summed E-state index contributed by atoms with van der Waals surface area (Å²) in [5.41, 5.74) is 0. The van der Waals surface area contributed by atoms with Crippen molar-refractivity contribution in [3.63, 3.8) is 0 Å². The number of hydrogen-bond donors (Lipinski definition) is 2. The molecule has 0 amide bonds. The number of aryl methyl sites for hydroxylation is 2. The monoisotopic (exact) mass is 291 g/mol. The summed E-state index contributed by atoms with van der Waals surface area (Å²) in [5.74, 6) is 0.633. The van der Waals surface area contributed by atoms with E-state index < -0.39 is 10.0 Å². The smallest absolute Gasteiger partial charge is 0.262 e. The number of aliphatic hydroxyl groups is 2. The lowest BCUT2D eigenvalue weighted by atomic mass is 10.5. The highest BCUT2D eigenvalue weighted by molar-refractivity contribution is 7.89. The molecule has 19 heavy (non-hydrogen) atoms. The molecule has 0 bridgehead atoms. The van der Waals surface area contributed by atoms with E-state index in [1.165, 1.54) is 6.20 Å². The zero-order chi connectivity index (χ0) is 14.5. The van der Waals surface area contributed by atoms with Crippen LogP contribution in [0.5, 0.6) is 0 Å². The van der Waals surface area contributed by atoms with Gasteiger partial charge in [-0.3, -0.25) is 0 Å². The number of hydrogen-bond acceptors (Lipinski definition) is 5. The fraction of sp³-hybridized carbons (Fsp3) is 0.727. The van der Waals surface area contributed by atoms with Crippen molar-refractivity contribution in [3.8, 4) is 0 Å². The number of rotatable bonds is 8. The Labute approximate surface area is 113 Å². The Hall–Kier alpha value is -0.960. The molecule has 1 aromatic rings. The maximum atomic E-state index is 12.3. The highest BCUT2D eigenvalue weighted by Crippen LogP contribution is 2.15. The largest absolute Gasteiger partial charge is 0.395 e. The van der Waals surface area contributed by atoms with Gasteiger partial charge in [-0.15, -0.1) is 0 Å². The van der Waals surface area contributed by atoms with Crippen molar-refractivity contribution in [3.05, 3.63) is 12.0 Å². The Morgan fingerprint density at radius 3 is 2.37 bits per heavy atom. The van der Waals surface area contributed by atoms with Gasteiger partial charge in [0.15, 0.2) is 5.03 Å². The van der Waals surface area contributed by atoms with Gasteiger partial charge in [-0.1, -0.05) is 6.92 Å². The molecule has 8 heteroatoms. The van der Waals surface area contributed by atoms with E-state index in [1.54, 1.807) is 11.5 Å². The van der Waals surface area contributed by atoms with E-state index in [1.807, 2.05) is 6.92 Å². The highest BCUT2D eigenvalue weighted by Gasteiger charge is 2.26. The third-order valence-corrected chi connectivity index (χ3v) is 4.49. The number of imidazole rings is 1. The maximum absolute atomic E-state index is 12.3. The van der Waals surface area contributed by atoms with Crippen LogP contribution in [0.4, 0.5) is 0 Å². The molecule has 2 N–H and O–H groups in total. The van der Waals surface area contributed by atoms with E-state index in [9.17, 15) is 8.42 Å². The second-order valence-corrected chi connectivity index (χ2v) is 6.06. The zero-order valence-corrected chi connectivity index (χ0v) is 12.1. The molecule has 0 aromatic carbocycles. The molecule has 0 unspecified atom stereocenters. The molecule has 0 spiro atoms. The quantitative estimate of drug-likeness (QED) is 0.678. The third kappa shape index (κ3) is 3.75. The van der Waals surface area contributed by atoms with Crippen LogP contribution in [-0.2, 0) is 16.6 Å². The maximum Gasteiger partial charge on any atom is 0.262 e. The van der Waals surface area contributed by atoms with Crippen LogP contribution in [0.25, 0.3) is 0 Å². The van der Waals surface area contributed by atoms with Gasteiger partial charge in [-0.05, 0) is 13.3 Å². The number of sulfonamides is 1. The first-order chi connectivity index (χ1) is 8.97. The van der Waals surface area contributed by atoms with Crippen molar-refractivity contribution in [1.29, 1.82) is 0 Å². The SMILES string of the molecule is CCCn1cc(S(=O)(=O)N(CCO)CCO)nc1C. The Morgan fingerprint density at radius 1 is 1.32 bits per heavy atom. The molecule has 0 saturated heterocycles. The predicted octanol–water partition coefficient (Wildman–Crippen LogP) is -0.423. The van der Waals surface area contributed by atoms with Crippen molar-refractivity contribution < 1.29 is 18.6 Å². The molecule has 1 heterocycles. The van der Waals surface area contributed by atoms with Gasteiger partial charge in [0.25, 0.3) is 10.0 Å². The number of aliphatic hydroxyl groups excluding tert-OH is 2. The first-order valence-electron chi connectivity index (χ1n) is 6.23. The van der Waals surface area contributed by atoms with Gasteiger partial charge in [-0.2, -0.15) is 4.31 Å². The molecule has 0 aliphatic carbocycles. The van der Waals surface area contributed by atoms with Crippen LogP contribution in [0.3, 0.4) is 0 Å². The van der Waals surface area contributed by atoms with Gasteiger partial charge in [0.05, 0.1) is 13.2 Å². The zero-order valence-electron chi connectivity index (χ0n) is 11.3. The molecule has 0 aliphatic rings. The normalized spacial score (nSPS) is 12.3. The Morgan fingerprint density at radius 2 is 1.89 bits per heavy atom. The van der Waals surface area contributed by atoms with E-state index >= 15 is 0 Å². The molecule has 0 saturated carbocycles. The minimum Gasteiger partial charge on any atom is -0.395 e. The van der Waals surface area contributed by atoms with E-state index in [2.05, 4.69) is 4.98 Å². The molecular formula is C11H21N3O4S. The molecule has 110 valence electrons. The summed E-state index contributed by atoms with van der Waals surface area (Å²) in [6, 6.07) is 0. The van der Waals surface area contributed by atoms with Crippen molar-refractivity contribution in [2.24, 2.45) is 0 Å². The van der Waals surface area contributed by atoms with Gasteiger partial charge < -0.3 is 14.8 Å². The summed E-state index contributed by atoms with van der Waals surface area (Å²) in [7, 11) is -3.76. The first-order valence-corrected chi connectivity index (χ1v) is 7.67. The highest BCUT2D eigenvalue weighted by atomic mass is 32.2. The van der Waals surface area contributed by atoms with Gasteiger partial charge in [0, 0.05) is 25.8 Å². The van der Waals surface area contributed by atoms with Gasteiger partial charge in [0.1, 0.15) is 5.82 Å². The summed E-state index contributed by atoms with van der Waals surface area (Å²) in [4.78, 5) is 4.06. The van der Waals surface area contributed by atoms with Crippen LogP contribution in [-0.4, -0.2) is 58.8 Å². The minimum atomic E-state index is -3.76. The van der Waals surface area contributed by atoms with Crippen LogP contribution in [0.15, 0.2) is 11.2 Å². The van der Waals surface area contributed by atoms with E-state index in [0.29, 0.717) is 12.4 Å². The summed E-state index contributed by atoms with van der Waals surface area (Å²) < 4.78 is 27.4. The summed E-state index contributed by atoms with van der Waals surface area (Å²) in [5, 5.41) is 17.8. The predicted molar refractivity (Wildman–Crippen MR) is 70.2 cm³/mol. The molecule has 1 aromatic heterocycles. The second-order valence-electron chi connectivity index (χ2n) is 4.17. The standard InChI is InChI=1S/C11H21N3O4S/c1-3-4-13-9-11(12-10(13)2)19(17,18)14(5-7-15)6-8-16/h9,15-16H,3-8H2,1-2H3. The van der Waals surface area contributed by atoms with Crippen LogP contribution < -0.4 is 0 Å². The molecule has 0 fully saturated rings. The average Bonchev–Trinajstić information content (AvgIpc) is 2.72. The topological polar surface area (TPSA) is 95.7 Å². The fourth-order valence-electron chi connectivity index (χ4n) is 1.78. The Kier molecular flexibility index (Phi) is 5.92. The van der Waals surface area contributed by atoms with Crippen molar-refractivity contribution >= 4 is 10.0 Å². The molecule has 0 atom stereocenters. The first kappa shape index (κ1) is 16.1. The number of aromatic nitrogens is 2. The van der Waals surface area contributed by atoms with Crippen LogP contribution in [0.2, 0.25) is 0 Å². The number of nitrogens with zero attached hydrogens (tertiary/aromatic N) is 3. The molecule has 7 nitrogen and oxygen atoms in total. The lowest BCUT2D eigenvalue weighted by Gasteiger charge is -2.18. The lowest BCUT2D eigenvalue weighted by molar-refractivity contribution is 0.217. The van der Waals surface area contributed by atoms with Crippen LogP contribution in [0, 0.1) is 6.92 Å². The van der Waals surface area contributed by atoms with Gasteiger partial charge in [0.2, 0.25) is 0 Å². The lowest BCUT2D eigenvalue weighted by Crippen LogP contribution is -2.36. The van der Waals surface area contributed by atoms with Crippen LogP contribution >= 0.6 is 0 Å². The summed E-state index contributed by atoms with van der Waals surface area (Å²) in [6.07, 6.45) is 2.38. The van der Waals surface area contributed by atoms with Crippen molar-refractivity contribution in [1.82, 2.24) is 13.9 Å². The molecule has 0 radical (unpaired) electrons. The molecule has 0 aliphatic heterocycles. The second kappa shape index (κ2) is 6.99. The van der Waals surface area contributed by atoms with E-state index in [-0.39, 0.29) is 31.3 Å². The molecule has 1 rings (SSSR count). The van der Waals surface area contributed by atoms with Gasteiger partial charge in [-0.25, -0.2) is 13.4 Å². The van der Waals surface area contributed by atoms with Gasteiger partial charge >= 0.3 is 0 Å². The Bertz CT molecular complexity index is 492. The van der Waals surface area contributed by atoms with E-state index in [0.717, 1.165) is 10.7 Å². The summed E-state index contributed by atoms with van der Waals surface area (Å²) in [6.45, 7) is 3.75. The van der Waals surface area contributed by atoms with Crippen LogP contribution in [0.1, 0.15) is 19.2 Å². The summed E-state index contributed by atoms with van der Waals surface area (Å²) >= 11 is 0. The van der Waals surface area contributed by atoms with Crippen molar-refractivity contribution in [2.45, 2.75) is 31.8 Å². The van der Waals surface area contributed by atoms with E-state index in [4.69, 9.17) is 10.2 Å². The van der Waals surface area contributed by atoms with Crippen molar-refractivity contribution in [2.75, 3.05) is 26.3 Å². The Balaban J connectivity index is 3.06. The minimum absolute atomic E-state index is 0.0413. The third-order valence-electron chi connectivity index (χ3n) is 2.72.